The average molecular weight is 455 g/mol. The smallest absolute Gasteiger partial charge is 0.236 e. The molecular weight excluding hydrogens is 428 g/mol. The van der Waals surface area contributed by atoms with Gasteiger partial charge in [0.05, 0.1) is 5.75 Å². The van der Waals surface area contributed by atoms with Crippen molar-refractivity contribution in [3.63, 3.8) is 0 Å². The van der Waals surface area contributed by atoms with Crippen LogP contribution in [0, 0.1) is 6.92 Å². The number of aryl methyl sites for hydroxylation is 1. The van der Waals surface area contributed by atoms with Gasteiger partial charge in [0.1, 0.15) is 5.01 Å². The molecule has 1 aromatic carbocycles. The lowest BCUT2D eigenvalue weighted by atomic mass is 9.90. The number of benzene rings is 1. The third kappa shape index (κ3) is 5.40. The Morgan fingerprint density at radius 3 is 2.87 bits per heavy atom. The Morgan fingerprint density at radius 1 is 1.26 bits per heavy atom. The Hall–Kier alpha value is -2.52. The second-order valence-electron chi connectivity index (χ2n) is 7.69. The molecule has 7 nitrogen and oxygen atoms in total. The van der Waals surface area contributed by atoms with Crippen LogP contribution in [-0.2, 0) is 11.3 Å². The number of aromatic nitrogens is 5. The van der Waals surface area contributed by atoms with Gasteiger partial charge in [-0.3, -0.25) is 14.7 Å². The summed E-state index contributed by atoms with van der Waals surface area (Å²) in [5.74, 6) is 1.36. The Labute approximate surface area is 190 Å². The van der Waals surface area contributed by atoms with Crippen LogP contribution in [0.3, 0.4) is 0 Å². The molecule has 1 saturated carbocycles. The van der Waals surface area contributed by atoms with Gasteiger partial charge in [-0.2, -0.15) is 0 Å². The van der Waals surface area contributed by atoms with E-state index in [1.807, 2.05) is 29.7 Å². The molecule has 1 N–H and O–H groups in total. The van der Waals surface area contributed by atoms with Crippen molar-refractivity contribution < 1.29 is 4.79 Å². The Kier molecular flexibility index (Phi) is 7.14. The van der Waals surface area contributed by atoms with Gasteiger partial charge in [-0.25, -0.2) is 0 Å². The number of anilines is 1. The van der Waals surface area contributed by atoms with Crippen LogP contribution in [0.4, 0.5) is 5.13 Å². The van der Waals surface area contributed by atoms with Crippen molar-refractivity contribution in [3.8, 4) is 11.4 Å². The van der Waals surface area contributed by atoms with Crippen LogP contribution in [0.15, 0.2) is 42.1 Å². The van der Waals surface area contributed by atoms with Gasteiger partial charge in [0.2, 0.25) is 11.0 Å². The van der Waals surface area contributed by atoms with Crippen LogP contribution in [-0.4, -0.2) is 36.6 Å². The Balaban J connectivity index is 1.39. The zero-order valence-electron chi connectivity index (χ0n) is 17.6. The van der Waals surface area contributed by atoms with Crippen molar-refractivity contribution in [1.82, 2.24) is 25.0 Å². The molecule has 4 rings (SSSR count). The first-order chi connectivity index (χ1) is 15.1. The first kappa shape index (κ1) is 21.7. The van der Waals surface area contributed by atoms with Crippen molar-refractivity contribution in [3.05, 3.63) is 47.5 Å². The number of carbonyl (C=O) groups excluding carboxylic acids is 1. The summed E-state index contributed by atoms with van der Waals surface area (Å²) in [5.41, 5.74) is 2.15. The number of allylic oxidation sites excluding steroid dienone is 1. The second-order valence-corrected chi connectivity index (χ2v) is 9.64. The summed E-state index contributed by atoms with van der Waals surface area (Å²) in [6.45, 7) is 6.46. The van der Waals surface area contributed by atoms with Crippen molar-refractivity contribution >= 4 is 34.1 Å². The van der Waals surface area contributed by atoms with Crippen LogP contribution in [0.5, 0.6) is 0 Å². The lowest BCUT2D eigenvalue weighted by molar-refractivity contribution is -0.113. The highest BCUT2D eigenvalue weighted by molar-refractivity contribution is 7.99. The molecule has 0 atom stereocenters. The lowest BCUT2D eigenvalue weighted by Crippen LogP contribution is -2.14. The van der Waals surface area contributed by atoms with E-state index in [2.05, 4.69) is 38.4 Å². The lowest BCUT2D eigenvalue weighted by Gasteiger charge is -2.18. The number of amides is 1. The summed E-state index contributed by atoms with van der Waals surface area (Å²) < 4.78 is 1.98. The molecule has 3 aromatic rings. The average Bonchev–Trinajstić information content (AvgIpc) is 3.40. The molecule has 2 aromatic heterocycles. The van der Waals surface area contributed by atoms with Gasteiger partial charge < -0.3 is 0 Å². The van der Waals surface area contributed by atoms with Crippen molar-refractivity contribution in [2.75, 3.05) is 11.1 Å². The number of carbonyl (C=O) groups is 1. The van der Waals surface area contributed by atoms with Gasteiger partial charge >= 0.3 is 0 Å². The summed E-state index contributed by atoms with van der Waals surface area (Å²) in [6.07, 6.45) is 7.94. The minimum absolute atomic E-state index is 0.124. The van der Waals surface area contributed by atoms with Gasteiger partial charge in [-0.05, 0) is 25.8 Å². The van der Waals surface area contributed by atoms with E-state index < -0.39 is 0 Å². The van der Waals surface area contributed by atoms with Gasteiger partial charge in [-0.15, -0.1) is 27.0 Å². The molecule has 31 heavy (non-hydrogen) atoms. The zero-order valence-corrected chi connectivity index (χ0v) is 19.2. The monoisotopic (exact) mass is 454 g/mol. The van der Waals surface area contributed by atoms with E-state index in [-0.39, 0.29) is 11.7 Å². The fourth-order valence-corrected chi connectivity index (χ4v) is 5.45. The number of nitrogens with one attached hydrogen (secondary N) is 1. The van der Waals surface area contributed by atoms with E-state index in [1.54, 1.807) is 6.08 Å². The maximum Gasteiger partial charge on any atom is 0.236 e. The molecule has 0 unspecified atom stereocenters. The molecule has 0 radical (unpaired) electrons. The standard InChI is InChI=1S/C22H26N6OS2/c1-3-12-28-19(17-11-7-8-15(2)13-17)24-27-22(28)30-14-18(29)23-21-26-25-20(31-21)16-9-5-4-6-10-16/h3,7-8,11,13,16H,1,4-6,9-10,12,14H2,2H3,(H,23,26,29). The normalized spacial score (nSPS) is 14.5. The molecular formula is C22H26N6OS2. The second kappa shape index (κ2) is 10.2. The van der Waals surface area contributed by atoms with Gasteiger partial charge in [0.25, 0.3) is 0 Å². The van der Waals surface area contributed by atoms with Crippen LogP contribution in [0.1, 0.15) is 48.6 Å². The van der Waals surface area contributed by atoms with E-state index in [1.165, 1.54) is 55.2 Å². The highest BCUT2D eigenvalue weighted by atomic mass is 32.2. The molecule has 9 heteroatoms. The zero-order chi connectivity index (χ0) is 21.6. The third-order valence-corrected chi connectivity index (χ3v) is 7.25. The van der Waals surface area contributed by atoms with Gasteiger partial charge in [0.15, 0.2) is 11.0 Å². The van der Waals surface area contributed by atoms with E-state index in [4.69, 9.17) is 0 Å². The predicted molar refractivity (Wildman–Crippen MR) is 125 cm³/mol. The molecule has 0 aliphatic heterocycles. The number of rotatable bonds is 8. The first-order valence-corrected chi connectivity index (χ1v) is 12.3. The molecule has 162 valence electrons. The molecule has 0 bridgehead atoms. The minimum Gasteiger partial charge on any atom is -0.300 e. The van der Waals surface area contributed by atoms with Crippen LogP contribution < -0.4 is 5.32 Å². The summed E-state index contributed by atoms with van der Waals surface area (Å²) in [4.78, 5) is 12.5. The largest absolute Gasteiger partial charge is 0.300 e. The fraction of sp³-hybridized carbons (Fsp3) is 0.409. The minimum atomic E-state index is -0.124. The highest BCUT2D eigenvalue weighted by Gasteiger charge is 2.21. The number of hydrogen-bond donors (Lipinski definition) is 1. The van der Waals surface area contributed by atoms with Gasteiger partial charge in [0, 0.05) is 18.0 Å². The SMILES string of the molecule is C=CCn1c(SCC(=O)Nc2nnc(C3CCCCC3)s2)nnc1-c1cccc(C)c1. The number of hydrogen-bond acceptors (Lipinski definition) is 7. The topological polar surface area (TPSA) is 85.6 Å². The van der Waals surface area contributed by atoms with Crippen LogP contribution in [0.25, 0.3) is 11.4 Å². The van der Waals surface area contributed by atoms with E-state index in [0.717, 1.165) is 22.0 Å². The molecule has 1 aliphatic carbocycles. The highest BCUT2D eigenvalue weighted by Crippen LogP contribution is 2.35. The maximum atomic E-state index is 12.5. The first-order valence-electron chi connectivity index (χ1n) is 10.5. The number of nitrogens with zero attached hydrogens (tertiary/aromatic N) is 5. The van der Waals surface area contributed by atoms with Crippen LogP contribution >= 0.6 is 23.1 Å². The molecule has 2 heterocycles. The van der Waals surface area contributed by atoms with Crippen molar-refractivity contribution in [1.29, 1.82) is 0 Å². The van der Waals surface area contributed by atoms with Crippen molar-refractivity contribution in [2.24, 2.45) is 0 Å². The molecule has 0 spiro atoms. The Morgan fingerprint density at radius 2 is 2.10 bits per heavy atom. The summed E-state index contributed by atoms with van der Waals surface area (Å²) >= 11 is 2.85. The third-order valence-electron chi connectivity index (χ3n) is 5.28. The summed E-state index contributed by atoms with van der Waals surface area (Å²) in [5, 5.41) is 22.3. The van der Waals surface area contributed by atoms with Gasteiger partial charge in [-0.1, -0.05) is 72.2 Å². The molecule has 1 amide bonds. The quantitative estimate of drug-likeness (QED) is 0.378. The van der Waals surface area contributed by atoms with E-state index in [0.29, 0.717) is 22.8 Å². The fourth-order valence-electron chi connectivity index (χ4n) is 3.77. The van der Waals surface area contributed by atoms with E-state index in [9.17, 15) is 4.79 Å². The molecule has 1 aliphatic rings. The summed E-state index contributed by atoms with van der Waals surface area (Å²) in [7, 11) is 0. The summed E-state index contributed by atoms with van der Waals surface area (Å²) in [6, 6.07) is 8.13. The Bertz CT molecular complexity index is 1050. The molecule has 0 saturated heterocycles. The predicted octanol–water partition coefficient (Wildman–Crippen LogP) is 5.07. The molecule has 1 fully saturated rings. The van der Waals surface area contributed by atoms with Crippen molar-refractivity contribution in [2.45, 2.75) is 56.6 Å². The van der Waals surface area contributed by atoms with E-state index >= 15 is 0 Å². The van der Waals surface area contributed by atoms with Crippen LogP contribution in [0.2, 0.25) is 0 Å². The number of thioether (sulfide) groups is 1. The maximum absolute atomic E-state index is 12.5.